The van der Waals surface area contributed by atoms with Gasteiger partial charge in [0.25, 0.3) is 0 Å². The molecular weight excluding hydrogens is 180 g/mol. The van der Waals surface area contributed by atoms with Gasteiger partial charge in [-0.2, -0.15) is 0 Å². The van der Waals surface area contributed by atoms with Crippen molar-refractivity contribution < 1.29 is 9.59 Å². The van der Waals surface area contributed by atoms with E-state index in [-0.39, 0.29) is 11.8 Å². The molecule has 4 heteroatoms. The summed E-state index contributed by atoms with van der Waals surface area (Å²) >= 11 is 0. The van der Waals surface area contributed by atoms with Crippen LogP contribution in [0, 0.1) is 11.8 Å². The third-order valence-corrected chi connectivity index (χ3v) is 2.45. The van der Waals surface area contributed by atoms with Crippen LogP contribution in [0.15, 0.2) is 0 Å². The fraction of sp³-hybridized carbons (Fsp3) is 0.800. The summed E-state index contributed by atoms with van der Waals surface area (Å²) < 4.78 is 0. The third-order valence-electron chi connectivity index (χ3n) is 2.45. The number of urea groups is 1. The standard InChI is InChI=1S/C10H20N2O2/c1-4-6-7(3)8(5-2)9(13)12-10(11)14/h7-8H,4-6H2,1-3H3,(H3,11,12,13,14)/t7-,8+/m0/s1. The fourth-order valence-electron chi connectivity index (χ4n) is 1.72. The number of imide groups is 1. The number of hydrogen-bond acceptors (Lipinski definition) is 2. The minimum absolute atomic E-state index is 0.109. The number of rotatable bonds is 5. The van der Waals surface area contributed by atoms with Crippen LogP contribution in [0.3, 0.4) is 0 Å². The molecule has 0 aromatic rings. The van der Waals surface area contributed by atoms with Crippen molar-refractivity contribution in [2.45, 2.75) is 40.0 Å². The van der Waals surface area contributed by atoms with E-state index in [9.17, 15) is 9.59 Å². The molecule has 0 saturated heterocycles. The minimum Gasteiger partial charge on any atom is -0.351 e. The van der Waals surface area contributed by atoms with Crippen molar-refractivity contribution in [3.05, 3.63) is 0 Å². The number of hydrogen-bond donors (Lipinski definition) is 2. The molecule has 0 saturated carbocycles. The Kier molecular flexibility index (Phi) is 5.92. The van der Waals surface area contributed by atoms with Gasteiger partial charge in [-0.25, -0.2) is 4.79 Å². The fourth-order valence-corrected chi connectivity index (χ4v) is 1.72. The maximum absolute atomic E-state index is 11.5. The number of nitrogens with one attached hydrogen (secondary N) is 1. The predicted molar refractivity (Wildman–Crippen MR) is 55.6 cm³/mol. The molecule has 0 bridgehead atoms. The van der Waals surface area contributed by atoms with Gasteiger partial charge < -0.3 is 5.73 Å². The first kappa shape index (κ1) is 12.9. The van der Waals surface area contributed by atoms with Gasteiger partial charge in [0, 0.05) is 5.92 Å². The molecule has 0 heterocycles. The second-order valence-corrected chi connectivity index (χ2v) is 3.63. The lowest BCUT2D eigenvalue weighted by Gasteiger charge is -2.20. The van der Waals surface area contributed by atoms with Crippen LogP contribution in [-0.2, 0) is 4.79 Å². The normalized spacial score (nSPS) is 14.5. The van der Waals surface area contributed by atoms with Gasteiger partial charge in [-0.15, -0.1) is 0 Å². The molecule has 3 N–H and O–H groups in total. The SMILES string of the molecule is CCC[C@H](C)[C@@H](CC)C(=O)NC(N)=O. The van der Waals surface area contributed by atoms with Gasteiger partial charge in [0.15, 0.2) is 0 Å². The van der Waals surface area contributed by atoms with Crippen molar-refractivity contribution >= 4 is 11.9 Å². The molecule has 82 valence electrons. The highest BCUT2D eigenvalue weighted by molar-refractivity contribution is 5.94. The zero-order chi connectivity index (χ0) is 11.1. The average Bonchev–Trinajstić information content (AvgIpc) is 2.04. The second-order valence-electron chi connectivity index (χ2n) is 3.63. The monoisotopic (exact) mass is 200 g/mol. The van der Waals surface area contributed by atoms with Crippen LogP contribution < -0.4 is 11.1 Å². The predicted octanol–water partition coefficient (Wildman–Crippen LogP) is 1.64. The van der Waals surface area contributed by atoms with E-state index >= 15 is 0 Å². The van der Waals surface area contributed by atoms with Gasteiger partial charge in [0.1, 0.15) is 0 Å². The zero-order valence-electron chi connectivity index (χ0n) is 9.17. The number of primary amides is 1. The Morgan fingerprint density at radius 2 is 1.93 bits per heavy atom. The molecule has 0 aliphatic rings. The van der Waals surface area contributed by atoms with Crippen LogP contribution in [0.4, 0.5) is 4.79 Å². The molecule has 0 spiro atoms. The van der Waals surface area contributed by atoms with E-state index in [1.807, 2.05) is 13.8 Å². The summed E-state index contributed by atoms with van der Waals surface area (Å²) in [5.74, 6) is -0.0623. The maximum atomic E-state index is 11.5. The minimum atomic E-state index is -0.767. The first-order valence-electron chi connectivity index (χ1n) is 5.13. The third kappa shape index (κ3) is 4.25. The zero-order valence-corrected chi connectivity index (χ0v) is 9.17. The quantitative estimate of drug-likeness (QED) is 0.708. The Labute approximate surface area is 85.2 Å². The summed E-state index contributed by atoms with van der Waals surface area (Å²) in [6.07, 6.45) is 2.77. The summed E-state index contributed by atoms with van der Waals surface area (Å²) in [4.78, 5) is 22.0. The number of amides is 3. The highest BCUT2D eigenvalue weighted by Gasteiger charge is 2.23. The molecule has 0 unspecified atom stereocenters. The van der Waals surface area contributed by atoms with Gasteiger partial charge in [-0.05, 0) is 12.3 Å². The molecule has 4 nitrogen and oxygen atoms in total. The molecule has 14 heavy (non-hydrogen) atoms. The van der Waals surface area contributed by atoms with Gasteiger partial charge in [0.2, 0.25) is 5.91 Å². The number of nitrogens with two attached hydrogens (primary N) is 1. The van der Waals surface area contributed by atoms with Crippen molar-refractivity contribution in [3.8, 4) is 0 Å². The molecule has 0 aliphatic heterocycles. The van der Waals surface area contributed by atoms with Gasteiger partial charge in [0.05, 0.1) is 0 Å². The average molecular weight is 200 g/mol. The lowest BCUT2D eigenvalue weighted by atomic mass is 9.87. The van der Waals surface area contributed by atoms with E-state index in [4.69, 9.17) is 5.73 Å². The smallest absolute Gasteiger partial charge is 0.318 e. The number of carbonyl (C=O) groups is 2. The Hall–Kier alpha value is -1.06. The number of carbonyl (C=O) groups excluding carboxylic acids is 2. The highest BCUT2D eigenvalue weighted by Crippen LogP contribution is 2.20. The Morgan fingerprint density at radius 3 is 2.29 bits per heavy atom. The van der Waals surface area contributed by atoms with Crippen LogP contribution >= 0.6 is 0 Å². The summed E-state index contributed by atoms with van der Waals surface area (Å²) in [6, 6.07) is -0.767. The van der Waals surface area contributed by atoms with E-state index in [2.05, 4.69) is 12.2 Å². The second kappa shape index (κ2) is 6.40. The molecule has 0 aromatic heterocycles. The van der Waals surface area contributed by atoms with E-state index < -0.39 is 6.03 Å². The first-order chi connectivity index (χ1) is 6.52. The molecule has 2 atom stereocenters. The topological polar surface area (TPSA) is 72.2 Å². The molecular formula is C10H20N2O2. The van der Waals surface area contributed by atoms with Crippen molar-refractivity contribution in [1.29, 1.82) is 0 Å². The van der Waals surface area contributed by atoms with Crippen LogP contribution in [0.25, 0.3) is 0 Å². The lowest BCUT2D eigenvalue weighted by molar-refractivity contribution is -0.125. The Morgan fingerprint density at radius 1 is 1.36 bits per heavy atom. The maximum Gasteiger partial charge on any atom is 0.318 e. The van der Waals surface area contributed by atoms with Gasteiger partial charge >= 0.3 is 6.03 Å². The summed E-state index contributed by atoms with van der Waals surface area (Å²) in [6.45, 7) is 6.05. The van der Waals surface area contributed by atoms with Gasteiger partial charge in [-0.3, -0.25) is 10.1 Å². The highest BCUT2D eigenvalue weighted by atomic mass is 16.2. The Bertz CT molecular complexity index is 204. The van der Waals surface area contributed by atoms with E-state index in [1.54, 1.807) is 0 Å². The first-order valence-corrected chi connectivity index (χ1v) is 5.13. The molecule has 0 aromatic carbocycles. The Balaban J connectivity index is 4.24. The van der Waals surface area contributed by atoms with E-state index in [1.165, 1.54) is 0 Å². The molecule has 0 radical (unpaired) electrons. The molecule has 0 aliphatic carbocycles. The molecule has 0 fully saturated rings. The van der Waals surface area contributed by atoms with E-state index in [0.717, 1.165) is 19.3 Å². The summed E-state index contributed by atoms with van der Waals surface area (Å²) in [7, 11) is 0. The molecule has 0 rings (SSSR count). The van der Waals surface area contributed by atoms with Crippen LogP contribution in [0.1, 0.15) is 40.0 Å². The van der Waals surface area contributed by atoms with Gasteiger partial charge in [-0.1, -0.05) is 33.6 Å². The largest absolute Gasteiger partial charge is 0.351 e. The summed E-state index contributed by atoms with van der Waals surface area (Å²) in [5.41, 5.74) is 4.89. The van der Waals surface area contributed by atoms with Crippen molar-refractivity contribution in [1.82, 2.24) is 5.32 Å². The van der Waals surface area contributed by atoms with Crippen molar-refractivity contribution in [3.63, 3.8) is 0 Å². The van der Waals surface area contributed by atoms with Crippen LogP contribution in [0.5, 0.6) is 0 Å². The summed E-state index contributed by atoms with van der Waals surface area (Å²) in [5, 5.41) is 2.13. The van der Waals surface area contributed by atoms with Crippen molar-refractivity contribution in [2.75, 3.05) is 0 Å². The van der Waals surface area contributed by atoms with Crippen LogP contribution in [0.2, 0.25) is 0 Å². The van der Waals surface area contributed by atoms with Crippen LogP contribution in [-0.4, -0.2) is 11.9 Å². The van der Waals surface area contributed by atoms with Crippen molar-refractivity contribution in [2.24, 2.45) is 17.6 Å². The molecule has 3 amide bonds. The van der Waals surface area contributed by atoms with E-state index in [0.29, 0.717) is 5.92 Å². The lowest BCUT2D eigenvalue weighted by Crippen LogP contribution is -2.40.